The van der Waals surface area contributed by atoms with E-state index in [4.69, 9.17) is 9.47 Å². The number of hydrogen-bond acceptors (Lipinski definition) is 2. The van der Waals surface area contributed by atoms with Crippen LogP contribution in [0.3, 0.4) is 0 Å². The Bertz CT molecular complexity index is 123. The number of allylic oxidation sites excluding steroid dienone is 1. The first-order valence-electron chi connectivity index (χ1n) is 4.46. The van der Waals surface area contributed by atoms with Crippen molar-refractivity contribution in [3.63, 3.8) is 0 Å². The fourth-order valence-corrected chi connectivity index (χ4v) is 0.492. The molecular weight excluding hydrogens is 164 g/mol. The van der Waals surface area contributed by atoms with Gasteiger partial charge in [0.2, 0.25) is 0 Å². The van der Waals surface area contributed by atoms with E-state index < -0.39 is 0 Å². The van der Waals surface area contributed by atoms with Crippen LogP contribution in [-0.2, 0) is 9.47 Å². The Kier molecular flexibility index (Phi) is 7.18. The highest BCUT2D eigenvalue weighted by molar-refractivity contribution is 4.88. The number of rotatable bonds is 3. The first-order valence-corrected chi connectivity index (χ1v) is 4.46. The van der Waals surface area contributed by atoms with Crippen LogP contribution in [0.1, 0.15) is 34.6 Å². The molecular formula is C11H24O2. The summed E-state index contributed by atoms with van der Waals surface area (Å²) in [6, 6.07) is 0. The molecule has 0 aliphatic rings. The van der Waals surface area contributed by atoms with Gasteiger partial charge < -0.3 is 9.47 Å². The minimum atomic E-state index is -0.234. The molecule has 0 radical (unpaired) electrons. The van der Waals surface area contributed by atoms with Crippen LogP contribution in [0.5, 0.6) is 0 Å². The Morgan fingerprint density at radius 2 is 1.08 bits per heavy atom. The minimum Gasteiger partial charge on any atom is -0.376 e. The highest BCUT2D eigenvalue weighted by atomic mass is 16.5. The lowest BCUT2D eigenvalue weighted by Crippen LogP contribution is -2.48. The molecule has 0 spiro atoms. The molecule has 2 heteroatoms. The fourth-order valence-electron chi connectivity index (χ4n) is 0.492. The SMILES string of the molecule is C=CC.COC(C)(C)C(C)(C)OC. The molecule has 0 atom stereocenters. The van der Waals surface area contributed by atoms with Crippen LogP contribution in [0.2, 0.25) is 0 Å². The molecule has 0 aromatic rings. The van der Waals surface area contributed by atoms with E-state index in [2.05, 4.69) is 6.58 Å². The Balaban J connectivity index is 0. The summed E-state index contributed by atoms with van der Waals surface area (Å²) in [5.74, 6) is 0. The van der Waals surface area contributed by atoms with Crippen LogP contribution < -0.4 is 0 Å². The Hall–Kier alpha value is -0.340. The van der Waals surface area contributed by atoms with Gasteiger partial charge >= 0.3 is 0 Å². The van der Waals surface area contributed by atoms with Crippen molar-refractivity contribution in [3.8, 4) is 0 Å². The zero-order valence-corrected chi connectivity index (χ0v) is 10.1. The summed E-state index contributed by atoms with van der Waals surface area (Å²) in [5.41, 5.74) is -0.469. The summed E-state index contributed by atoms with van der Waals surface area (Å²) in [7, 11) is 3.39. The van der Waals surface area contributed by atoms with Gasteiger partial charge in [0, 0.05) is 14.2 Å². The Morgan fingerprint density at radius 1 is 0.923 bits per heavy atom. The van der Waals surface area contributed by atoms with E-state index >= 15 is 0 Å². The van der Waals surface area contributed by atoms with Gasteiger partial charge in [-0.3, -0.25) is 0 Å². The molecule has 0 aromatic heterocycles. The molecule has 0 aliphatic carbocycles. The van der Waals surface area contributed by atoms with Crippen LogP contribution in [-0.4, -0.2) is 25.4 Å². The van der Waals surface area contributed by atoms with Crippen molar-refractivity contribution in [2.75, 3.05) is 14.2 Å². The second-order valence-corrected chi connectivity index (χ2v) is 3.84. The van der Waals surface area contributed by atoms with E-state index in [0.717, 1.165) is 0 Å². The van der Waals surface area contributed by atoms with Crippen LogP contribution in [0.15, 0.2) is 12.7 Å². The van der Waals surface area contributed by atoms with Crippen molar-refractivity contribution >= 4 is 0 Å². The largest absolute Gasteiger partial charge is 0.376 e. The van der Waals surface area contributed by atoms with Gasteiger partial charge in [-0.15, -0.1) is 6.58 Å². The number of methoxy groups -OCH3 is 2. The summed E-state index contributed by atoms with van der Waals surface area (Å²) in [6.45, 7) is 13.3. The highest BCUT2D eigenvalue weighted by Gasteiger charge is 2.36. The van der Waals surface area contributed by atoms with Gasteiger partial charge in [0.25, 0.3) is 0 Å². The summed E-state index contributed by atoms with van der Waals surface area (Å²) >= 11 is 0. The molecule has 0 heterocycles. The van der Waals surface area contributed by atoms with Gasteiger partial charge in [0.15, 0.2) is 0 Å². The first-order chi connectivity index (χ1) is 5.79. The molecule has 0 aromatic carbocycles. The van der Waals surface area contributed by atoms with Crippen molar-refractivity contribution in [3.05, 3.63) is 12.7 Å². The molecule has 0 fully saturated rings. The van der Waals surface area contributed by atoms with Crippen LogP contribution in [0.25, 0.3) is 0 Å². The zero-order chi connectivity index (χ0) is 11.1. The predicted molar refractivity (Wildman–Crippen MR) is 58.0 cm³/mol. The van der Waals surface area contributed by atoms with Crippen molar-refractivity contribution in [1.29, 1.82) is 0 Å². The van der Waals surface area contributed by atoms with Crippen molar-refractivity contribution in [1.82, 2.24) is 0 Å². The summed E-state index contributed by atoms with van der Waals surface area (Å²) in [5, 5.41) is 0. The second kappa shape index (κ2) is 6.17. The van der Waals surface area contributed by atoms with E-state index in [9.17, 15) is 0 Å². The molecule has 13 heavy (non-hydrogen) atoms. The number of hydrogen-bond donors (Lipinski definition) is 0. The molecule has 0 bridgehead atoms. The minimum absolute atomic E-state index is 0.234. The highest BCUT2D eigenvalue weighted by Crippen LogP contribution is 2.26. The zero-order valence-electron chi connectivity index (χ0n) is 10.1. The molecule has 0 N–H and O–H groups in total. The van der Waals surface area contributed by atoms with E-state index in [-0.39, 0.29) is 11.2 Å². The second-order valence-electron chi connectivity index (χ2n) is 3.84. The molecule has 80 valence electrons. The average molecular weight is 188 g/mol. The molecule has 2 nitrogen and oxygen atoms in total. The molecule has 0 amide bonds. The van der Waals surface area contributed by atoms with Crippen LogP contribution in [0.4, 0.5) is 0 Å². The maximum Gasteiger partial charge on any atom is 0.0905 e. The van der Waals surface area contributed by atoms with Gasteiger partial charge in [0.1, 0.15) is 0 Å². The lowest BCUT2D eigenvalue weighted by Gasteiger charge is -2.38. The van der Waals surface area contributed by atoms with Gasteiger partial charge in [0.05, 0.1) is 11.2 Å². The smallest absolute Gasteiger partial charge is 0.0905 e. The lowest BCUT2D eigenvalue weighted by molar-refractivity contribution is -0.147. The molecule has 0 saturated heterocycles. The Labute approximate surface area is 82.9 Å². The summed E-state index contributed by atoms with van der Waals surface area (Å²) in [4.78, 5) is 0. The lowest BCUT2D eigenvalue weighted by atomic mass is 9.89. The van der Waals surface area contributed by atoms with Gasteiger partial charge in [-0.05, 0) is 34.6 Å². The molecule has 0 unspecified atom stereocenters. The standard InChI is InChI=1S/C8H18O2.C3H6/c1-7(2,9-5)8(3,4)10-6;1-3-2/h1-6H3;3H,1H2,2H3. The molecule has 0 aliphatic heterocycles. The molecule has 0 saturated carbocycles. The van der Waals surface area contributed by atoms with Gasteiger partial charge in [-0.1, -0.05) is 6.08 Å². The van der Waals surface area contributed by atoms with Crippen LogP contribution in [0, 0.1) is 0 Å². The topological polar surface area (TPSA) is 18.5 Å². The predicted octanol–water partition coefficient (Wildman–Crippen LogP) is 3.03. The third-order valence-electron chi connectivity index (χ3n) is 2.47. The third-order valence-corrected chi connectivity index (χ3v) is 2.47. The quantitative estimate of drug-likeness (QED) is 0.634. The van der Waals surface area contributed by atoms with E-state index in [1.54, 1.807) is 20.3 Å². The average Bonchev–Trinajstić information content (AvgIpc) is 2.05. The van der Waals surface area contributed by atoms with E-state index in [1.807, 2.05) is 34.6 Å². The number of ether oxygens (including phenoxy) is 2. The Morgan fingerprint density at radius 3 is 1.15 bits per heavy atom. The maximum atomic E-state index is 5.27. The first kappa shape index (κ1) is 15.1. The van der Waals surface area contributed by atoms with Crippen molar-refractivity contribution in [2.45, 2.75) is 45.8 Å². The van der Waals surface area contributed by atoms with Gasteiger partial charge in [-0.2, -0.15) is 0 Å². The third kappa shape index (κ3) is 5.06. The summed E-state index contributed by atoms with van der Waals surface area (Å²) in [6.07, 6.45) is 1.75. The van der Waals surface area contributed by atoms with Crippen molar-refractivity contribution in [2.24, 2.45) is 0 Å². The summed E-state index contributed by atoms with van der Waals surface area (Å²) < 4.78 is 10.5. The van der Waals surface area contributed by atoms with Gasteiger partial charge in [-0.25, -0.2) is 0 Å². The molecule has 0 rings (SSSR count). The van der Waals surface area contributed by atoms with Crippen molar-refractivity contribution < 1.29 is 9.47 Å². The van der Waals surface area contributed by atoms with Crippen LogP contribution >= 0.6 is 0 Å². The van der Waals surface area contributed by atoms with E-state index in [0.29, 0.717) is 0 Å². The fraction of sp³-hybridized carbons (Fsp3) is 0.818. The monoisotopic (exact) mass is 188 g/mol. The maximum absolute atomic E-state index is 5.27. The normalized spacial score (nSPS) is 11.6. The van der Waals surface area contributed by atoms with E-state index in [1.165, 1.54) is 0 Å².